The van der Waals surface area contributed by atoms with Crippen LogP contribution < -0.4 is 16.6 Å². The number of nitrogens with zero attached hydrogens (tertiary/aromatic N) is 3. The van der Waals surface area contributed by atoms with Crippen LogP contribution in [0.15, 0.2) is 88.5 Å². The number of hydrogen-bond donors (Lipinski definition) is 1. The van der Waals surface area contributed by atoms with Crippen molar-refractivity contribution in [2.45, 2.75) is 13.0 Å². The Bertz CT molecular complexity index is 1710. The van der Waals surface area contributed by atoms with Crippen LogP contribution in [0.1, 0.15) is 22.9 Å². The van der Waals surface area contributed by atoms with E-state index >= 15 is 0 Å². The molecule has 6 rings (SSSR count). The molecule has 0 radical (unpaired) electrons. The molecule has 34 heavy (non-hydrogen) atoms. The monoisotopic (exact) mass is 448 g/mol. The molecule has 168 valence electrons. The minimum absolute atomic E-state index is 0.243. The highest BCUT2D eigenvalue weighted by Crippen LogP contribution is 2.45. The van der Waals surface area contributed by atoms with Gasteiger partial charge in [-0.1, -0.05) is 72.3 Å². The molecule has 1 N–H and O–H groups in total. The Hall–Kier alpha value is -4.32. The predicted molar refractivity (Wildman–Crippen MR) is 136 cm³/mol. The molecule has 3 aromatic carbocycles. The van der Waals surface area contributed by atoms with E-state index < -0.39 is 0 Å². The average Bonchev–Trinajstić information content (AvgIpc) is 3.23. The maximum absolute atomic E-state index is 13.6. The third-order valence-corrected chi connectivity index (χ3v) is 6.75. The lowest BCUT2D eigenvalue weighted by Gasteiger charge is -2.31. The van der Waals surface area contributed by atoms with Crippen LogP contribution in [0.3, 0.4) is 0 Å². The van der Waals surface area contributed by atoms with E-state index in [-0.39, 0.29) is 17.3 Å². The summed E-state index contributed by atoms with van der Waals surface area (Å²) in [6.45, 7) is 2.07. The van der Waals surface area contributed by atoms with E-state index in [9.17, 15) is 9.59 Å². The number of rotatable bonds is 2. The van der Waals surface area contributed by atoms with Crippen molar-refractivity contribution in [3.05, 3.63) is 117 Å². The van der Waals surface area contributed by atoms with Crippen LogP contribution in [0.4, 0.5) is 5.69 Å². The van der Waals surface area contributed by atoms with Gasteiger partial charge in [0.2, 0.25) is 0 Å². The number of para-hydroxylation sites is 2. The highest BCUT2D eigenvalue weighted by atomic mass is 16.2. The summed E-state index contributed by atoms with van der Waals surface area (Å²) in [5.74, 6) is 0. The highest BCUT2D eigenvalue weighted by Gasteiger charge is 2.34. The van der Waals surface area contributed by atoms with Crippen molar-refractivity contribution >= 4 is 16.6 Å². The van der Waals surface area contributed by atoms with Crippen molar-refractivity contribution in [1.82, 2.24) is 13.7 Å². The molecule has 3 heterocycles. The summed E-state index contributed by atoms with van der Waals surface area (Å²) < 4.78 is 4.97. The van der Waals surface area contributed by atoms with Gasteiger partial charge in [0.25, 0.3) is 5.56 Å². The van der Waals surface area contributed by atoms with Crippen molar-refractivity contribution in [2.24, 2.45) is 14.1 Å². The fourth-order valence-corrected chi connectivity index (χ4v) is 5.19. The van der Waals surface area contributed by atoms with Gasteiger partial charge >= 0.3 is 5.69 Å². The first-order chi connectivity index (χ1) is 16.5. The second kappa shape index (κ2) is 7.35. The molecule has 0 bridgehead atoms. The van der Waals surface area contributed by atoms with Crippen LogP contribution in [-0.4, -0.2) is 13.7 Å². The molecule has 0 spiro atoms. The first kappa shape index (κ1) is 20.3. The maximum atomic E-state index is 13.6. The smallest absolute Gasteiger partial charge is 0.331 e. The van der Waals surface area contributed by atoms with Gasteiger partial charge in [0.1, 0.15) is 0 Å². The van der Waals surface area contributed by atoms with Gasteiger partial charge in [-0.3, -0.25) is 13.9 Å². The molecule has 1 aliphatic heterocycles. The molecule has 0 fully saturated rings. The van der Waals surface area contributed by atoms with Crippen LogP contribution in [-0.2, 0) is 14.1 Å². The van der Waals surface area contributed by atoms with E-state index in [0.29, 0.717) is 10.9 Å². The summed E-state index contributed by atoms with van der Waals surface area (Å²) in [5.41, 5.74) is 6.77. The quantitative estimate of drug-likeness (QED) is 0.432. The Morgan fingerprint density at radius 1 is 0.824 bits per heavy atom. The van der Waals surface area contributed by atoms with Gasteiger partial charge in [0, 0.05) is 14.1 Å². The second-order valence-electron chi connectivity index (χ2n) is 8.87. The average molecular weight is 449 g/mol. The molecule has 0 aliphatic carbocycles. The van der Waals surface area contributed by atoms with E-state index in [2.05, 4.69) is 41.1 Å². The normalized spacial score (nSPS) is 14.5. The van der Waals surface area contributed by atoms with Crippen LogP contribution in [0.5, 0.6) is 0 Å². The Kier molecular flexibility index (Phi) is 4.39. The highest BCUT2D eigenvalue weighted by molar-refractivity contribution is 5.99. The molecule has 2 aromatic heterocycles. The predicted octanol–water partition coefficient (Wildman–Crippen LogP) is 4.52. The lowest BCUT2D eigenvalue weighted by atomic mass is 9.98. The number of aromatic nitrogens is 3. The first-order valence-electron chi connectivity index (χ1n) is 11.3. The summed E-state index contributed by atoms with van der Waals surface area (Å²) in [6, 6.07) is 26.1. The van der Waals surface area contributed by atoms with Crippen LogP contribution in [0, 0.1) is 6.92 Å². The van der Waals surface area contributed by atoms with E-state index in [1.54, 1.807) is 18.7 Å². The lowest BCUT2D eigenvalue weighted by molar-refractivity contribution is 0.708. The first-order valence-corrected chi connectivity index (χ1v) is 11.3. The summed E-state index contributed by atoms with van der Waals surface area (Å²) >= 11 is 0. The largest absolute Gasteiger partial charge is 0.371 e. The third-order valence-electron chi connectivity index (χ3n) is 6.75. The van der Waals surface area contributed by atoms with Gasteiger partial charge in [0.05, 0.1) is 39.7 Å². The maximum Gasteiger partial charge on any atom is 0.331 e. The SMILES string of the molecule is Cc1cccc([C@H]2Nc3ccccc3-n3c(-c4ccccc4)c4c(=O)n(C)c(=O)n(C)c4c32)c1. The minimum atomic E-state index is -0.340. The van der Waals surface area contributed by atoms with Crippen LogP contribution in [0.25, 0.3) is 27.8 Å². The topological polar surface area (TPSA) is 61.0 Å². The fourth-order valence-electron chi connectivity index (χ4n) is 5.19. The van der Waals surface area contributed by atoms with E-state index in [0.717, 1.165) is 39.5 Å². The Morgan fingerprint density at radius 3 is 2.32 bits per heavy atom. The molecule has 0 amide bonds. The van der Waals surface area contributed by atoms with Crippen molar-refractivity contribution < 1.29 is 0 Å². The lowest BCUT2D eigenvalue weighted by Crippen LogP contribution is -2.37. The van der Waals surface area contributed by atoms with Gasteiger partial charge in [-0.2, -0.15) is 0 Å². The molecule has 0 saturated heterocycles. The zero-order valence-corrected chi connectivity index (χ0v) is 19.2. The van der Waals surface area contributed by atoms with Crippen molar-refractivity contribution in [3.8, 4) is 16.9 Å². The Morgan fingerprint density at radius 2 is 1.56 bits per heavy atom. The molecular formula is C28H24N4O2. The van der Waals surface area contributed by atoms with Crippen LogP contribution in [0.2, 0.25) is 0 Å². The summed E-state index contributed by atoms with van der Waals surface area (Å²) in [7, 11) is 3.29. The molecule has 0 saturated carbocycles. The number of benzene rings is 3. The van der Waals surface area contributed by atoms with Crippen molar-refractivity contribution in [3.63, 3.8) is 0 Å². The zero-order valence-electron chi connectivity index (χ0n) is 19.2. The number of anilines is 1. The Balaban J connectivity index is 1.87. The van der Waals surface area contributed by atoms with E-state index in [1.165, 1.54) is 4.57 Å². The molecule has 1 aliphatic rings. The van der Waals surface area contributed by atoms with E-state index in [1.807, 2.05) is 54.6 Å². The number of nitrogens with one attached hydrogen (secondary N) is 1. The fraction of sp³-hybridized carbons (Fsp3) is 0.143. The van der Waals surface area contributed by atoms with Crippen molar-refractivity contribution in [2.75, 3.05) is 5.32 Å². The standard InChI is InChI=1S/C28H24N4O2/c1-17-10-9-13-19(16-17)23-26-25-22(27(33)31(3)28(34)30(25)2)24(18-11-5-4-6-12-18)32(26)21-15-8-7-14-20(21)29-23/h4-16,23,29H,1-3H3/t23-/m1/s1. The second-order valence-corrected chi connectivity index (χ2v) is 8.87. The Labute approximate surface area is 196 Å². The summed E-state index contributed by atoms with van der Waals surface area (Å²) in [6.07, 6.45) is 0. The third kappa shape index (κ3) is 2.75. The number of fused-ring (bicyclic) bond motifs is 5. The van der Waals surface area contributed by atoms with Gasteiger partial charge in [-0.15, -0.1) is 0 Å². The van der Waals surface area contributed by atoms with Gasteiger partial charge in [-0.05, 0) is 30.2 Å². The number of hydrogen-bond acceptors (Lipinski definition) is 3. The minimum Gasteiger partial charge on any atom is -0.371 e. The molecule has 5 aromatic rings. The van der Waals surface area contributed by atoms with Gasteiger partial charge in [0.15, 0.2) is 0 Å². The molecule has 0 unspecified atom stereocenters. The van der Waals surface area contributed by atoms with E-state index in [4.69, 9.17) is 0 Å². The molecule has 6 heteroatoms. The molecular weight excluding hydrogens is 424 g/mol. The van der Waals surface area contributed by atoms with Crippen molar-refractivity contribution in [1.29, 1.82) is 0 Å². The molecule has 1 atom stereocenters. The summed E-state index contributed by atoms with van der Waals surface area (Å²) in [4.78, 5) is 26.7. The van der Waals surface area contributed by atoms with Gasteiger partial charge < -0.3 is 9.88 Å². The van der Waals surface area contributed by atoms with Gasteiger partial charge in [-0.25, -0.2) is 4.79 Å². The molecule has 6 nitrogen and oxygen atoms in total. The van der Waals surface area contributed by atoms with Crippen LogP contribution >= 0.6 is 0 Å². The number of aryl methyl sites for hydroxylation is 2. The zero-order chi connectivity index (χ0) is 23.6. The summed E-state index contributed by atoms with van der Waals surface area (Å²) in [5, 5.41) is 4.23.